The van der Waals surface area contributed by atoms with E-state index in [-0.39, 0.29) is 23.5 Å². The summed E-state index contributed by atoms with van der Waals surface area (Å²) in [6.45, 7) is 10.2. The normalized spacial score (nSPS) is 13.2. The zero-order chi connectivity index (χ0) is 29.8. The SMILES string of the molecule is C=CC(=O)Nc1cc(Nc2ncc(C(=O)OC(C)C)c(-c3cn(C)c4ccccc34)n2)c(OC)nc1N1CCNCC1. The number of ether oxygens (including phenoxy) is 2. The standard InChI is InChI=1S/C30H34N8O4/c1-6-25(39)33-22-15-23(28(41-5)36-27(22)38-13-11-31-12-14-38)34-30-32-16-20(29(40)42-18(2)3)26(35-30)21-17-37(4)24-10-8-7-9-19(21)24/h6-10,15-18,31H,1,11-14H2,2-5H3,(H,33,39)(H,32,34,35). The van der Waals surface area contributed by atoms with E-state index in [2.05, 4.69) is 32.4 Å². The van der Waals surface area contributed by atoms with E-state index in [4.69, 9.17) is 19.4 Å². The molecule has 1 aromatic carbocycles. The number of amides is 1. The van der Waals surface area contributed by atoms with E-state index in [1.54, 1.807) is 19.9 Å². The third-order valence-corrected chi connectivity index (χ3v) is 6.77. The number of nitrogens with one attached hydrogen (secondary N) is 3. The third kappa shape index (κ3) is 5.88. The van der Waals surface area contributed by atoms with Gasteiger partial charge in [-0.1, -0.05) is 24.8 Å². The number of esters is 1. The molecule has 0 bridgehead atoms. The van der Waals surface area contributed by atoms with Crippen LogP contribution in [-0.4, -0.2) is 70.8 Å². The summed E-state index contributed by atoms with van der Waals surface area (Å²) < 4.78 is 13.1. The molecule has 1 aliphatic rings. The number of aryl methyl sites for hydroxylation is 1. The summed E-state index contributed by atoms with van der Waals surface area (Å²) >= 11 is 0. The number of carbonyl (C=O) groups is 2. The second-order valence-electron chi connectivity index (χ2n) is 10.1. The van der Waals surface area contributed by atoms with Gasteiger partial charge in [-0.05, 0) is 32.1 Å². The molecule has 1 amide bonds. The number of hydrogen-bond acceptors (Lipinski definition) is 10. The molecule has 0 spiro atoms. The number of rotatable bonds is 9. The van der Waals surface area contributed by atoms with Gasteiger partial charge in [0.2, 0.25) is 17.7 Å². The number of anilines is 4. The van der Waals surface area contributed by atoms with E-state index >= 15 is 0 Å². The number of pyridine rings is 1. The monoisotopic (exact) mass is 570 g/mol. The summed E-state index contributed by atoms with van der Waals surface area (Å²) in [5.41, 5.74) is 3.31. The maximum Gasteiger partial charge on any atom is 0.342 e. The number of hydrogen-bond donors (Lipinski definition) is 3. The van der Waals surface area contributed by atoms with Crippen LogP contribution in [0.2, 0.25) is 0 Å². The van der Waals surface area contributed by atoms with Crippen molar-refractivity contribution < 1.29 is 19.1 Å². The molecule has 218 valence electrons. The van der Waals surface area contributed by atoms with Crippen molar-refractivity contribution in [3.05, 3.63) is 60.9 Å². The maximum absolute atomic E-state index is 13.1. The Morgan fingerprint density at radius 1 is 1.14 bits per heavy atom. The topological polar surface area (TPSA) is 136 Å². The smallest absolute Gasteiger partial charge is 0.342 e. The first-order chi connectivity index (χ1) is 20.3. The third-order valence-electron chi connectivity index (χ3n) is 6.77. The van der Waals surface area contributed by atoms with Crippen LogP contribution >= 0.6 is 0 Å². The molecule has 12 heteroatoms. The van der Waals surface area contributed by atoms with Crippen molar-refractivity contribution in [1.29, 1.82) is 0 Å². The van der Waals surface area contributed by atoms with Crippen molar-refractivity contribution in [1.82, 2.24) is 24.8 Å². The Kier molecular flexibility index (Phi) is 8.34. The van der Waals surface area contributed by atoms with Gasteiger partial charge in [-0.25, -0.2) is 14.8 Å². The van der Waals surface area contributed by atoms with E-state index < -0.39 is 5.97 Å². The minimum absolute atomic E-state index is 0.204. The molecule has 0 unspecified atom stereocenters. The fourth-order valence-electron chi connectivity index (χ4n) is 4.85. The Labute approximate surface area is 243 Å². The van der Waals surface area contributed by atoms with Gasteiger partial charge in [0.25, 0.3) is 0 Å². The molecule has 0 saturated carbocycles. The highest BCUT2D eigenvalue weighted by molar-refractivity contribution is 6.03. The summed E-state index contributed by atoms with van der Waals surface area (Å²) in [7, 11) is 3.46. The Morgan fingerprint density at radius 3 is 2.62 bits per heavy atom. The number of fused-ring (bicyclic) bond motifs is 1. The van der Waals surface area contributed by atoms with Crippen LogP contribution in [0.1, 0.15) is 24.2 Å². The molecule has 1 saturated heterocycles. The fraction of sp³-hybridized carbons (Fsp3) is 0.300. The summed E-state index contributed by atoms with van der Waals surface area (Å²) in [5.74, 6) is 0.187. The van der Waals surface area contributed by atoms with Crippen molar-refractivity contribution >= 4 is 45.9 Å². The van der Waals surface area contributed by atoms with Crippen molar-refractivity contribution in [2.24, 2.45) is 7.05 Å². The van der Waals surface area contributed by atoms with Gasteiger partial charge in [-0.2, -0.15) is 4.98 Å². The predicted molar refractivity (Wildman–Crippen MR) is 162 cm³/mol. The summed E-state index contributed by atoms with van der Waals surface area (Å²) in [6, 6.07) is 9.61. The maximum atomic E-state index is 13.1. The summed E-state index contributed by atoms with van der Waals surface area (Å²) in [4.78, 5) is 41.5. The van der Waals surface area contributed by atoms with Gasteiger partial charge in [0.1, 0.15) is 11.3 Å². The lowest BCUT2D eigenvalue weighted by Crippen LogP contribution is -2.44. The van der Waals surface area contributed by atoms with Crippen LogP contribution < -0.4 is 25.6 Å². The lowest BCUT2D eigenvalue weighted by Gasteiger charge is -2.30. The number of nitrogens with zero attached hydrogens (tertiary/aromatic N) is 5. The Bertz CT molecular complexity index is 1640. The highest BCUT2D eigenvalue weighted by Gasteiger charge is 2.24. The molecule has 0 atom stereocenters. The molecular formula is C30H34N8O4. The first-order valence-electron chi connectivity index (χ1n) is 13.7. The summed E-state index contributed by atoms with van der Waals surface area (Å²) in [5, 5.41) is 10.3. The molecule has 5 rings (SSSR count). The van der Waals surface area contributed by atoms with Gasteiger partial charge in [-0.3, -0.25) is 4.79 Å². The zero-order valence-electron chi connectivity index (χ0n) is 24.1. The Morgan fingerprint density at radius 2 is 1.90 bits per heavy atom. The van der Waals surface area contributed by atoms with E-state index in [0.717, 1.165) is 29.6 Å². The second kappa shape index (κ2) is 12.3. The average Bonchev–Trinajstić information content (AvgIpc) is 3.33. The minimum Gasteiger partial charge on any atom is -0.479 e. The van der Waals surface area contributed by atoms with Crippen LogP contribution in [0.4, 0.5) is 23.1 Å². The predicted octanol–water partition coefficient (Wildman–Crippen LogP) is 3.88. The number of methoxy groups -OCH3 is 1. The van der Waals surface area contributed by atoms with E-state index in [1.807, 2.05) is 42.1 Å². The molecule has 3 aromatic heterocycles. The first-order valence-corrected chi connectivity index (χ1v) is 13.7. The van der Waals surface area contributed by atoms with Crippen LogP contribution in [0, 0.1) is 0 Å². The number of benzene rings is 1. The van der Waals surface area contributed by atoms with Gasteiger partial charge in [0, 0.05) is 62.1 Å². The van der Waals surface area contributed by atoms with Crippen LogP contribution in [0.5, 0.6) is 5.88 Å². The zero-order valence-corrected chi connectivity index (χ0v) is 24.1. The molecule has 1 aliphatic heterocycles. The number of piperazine rings is 1. The molecule has 0 aliphatic carbocycles. The van der Waals surface area contributed by atoms with E-state index in [9.17, 15) is 9.59 Å². The second-order valence-corrected chi connectivity index (χ2v) is 10.1. The molecule has 0 radical (unpaired) electrons. The van der Waals surface area contributed by atoms with E-state index in [1.165, 1.54) is 19.4 Å². The molecule has 12 nitrogen and oxygen atoms in total. The van der Waals surface area contributed by atoms with Crippen molar-refractivity contribution in [3.8, 4) is 17.1 Å². The van der Waals surface area contributed by atoms with Crippen LogP contribution in [0.25, 0.3) is 22.2 Å². The summed E-state index contributed by atoms with van der Waals surface area (Å²) in [6.07, 6.45) is 4.26. The molecule has 4 aromatic rings. The van der Waals surface area contributed by atoms with Gasteiger partial charge in [-0.15, -0.1) is 0 Å². The lowest BCUT2D eigenvalue weighted by atomic mass is 10.1. The number of carbonyl (C=O) groups excluding carboxylic acids is 2. The Balaban J connectivity index is 1.60. The highest BCUT2D eigenvalue weighted by atomic mass is 16.5. The quantitative estimate of drug-likeness (QED) is 0.201. The first kappa shape index (κ1) is 28.6. The van der Waals surface area contributed by atoms with Gasteiger partial charge >= 0.3 is 5.97 Å². The van der Waals surface area contributed by atoms with Crippen LogP contribution in [0.15, 0.2) is 55.4 Å². The van der Waals surface area contributed by atoms with Gasteiger partial charge in [0.05, 0.1) is 24.6 Å². The molecule has 1 fully saturated rings. The fourth-order valence-corrected chi connectivity index (χ4v) is 4.85. The van der Waals surface area contributed by atoms with Crippen LogP contribution in [0.3, 0.4) is 0 Å². The minimum atomic E-state index is -0.520. The van der Waals surface area contributed by atoms with Gasteiger partial charge < -0.3 is 34.9 Å². The number of para-hydroxylation sites is 1. The lowest BCUT2D eigenvalue weighted by molar-refractivity contribution is -0.111. The highest BCUT2D eigenvalue weighted by Crippen LogP contribution is 2.36. The molecule has 3 N–H and O–H groups in total. The molecular weight excluding hydrogens is 536 g/mol. The van der Waals surface area contributed by atoms with Crippen molar-refractivity contribution in [2.75, 3.05) is 48.8 Å². The van der Waals surface area contributed by atoms with E-state index in [0.29, 0.717) is 41.9 Å². The van der Waals surface area contributed by atoms with Crippen molar-refractivity contribution in [3.63, 3.8) is 0 Å². The number of aromatic nitrogens is 4. The molecule has 42 heavy (non-hydrogen) atoms. The largest absolute Gasteiger partial charge is 0.479 e. The van der Waals surface area contributed by atoms with Gasteiger partial charge in [0.15, 0.2) is 5.82 Å². The Hall–Kier alpha value is -4.97. The average molecular weight is 571 g/mol. The van der Waals surface area contributed by atoms with Crippen molar-refractivity contribution in [2.45, 2.75) is 20.0 Å². The molecule has 4 heterocycles. The van der Waals surface area contributed by atoms with Crippen LogP contribution in [-0.2, 0) is 16.6 Å².